The lowest BCUT2D eigenvalue weighted by Gasteiger charge is -2.10. The first kappa shape index (κ1) is 15.8. The van der Waals surface area contributed by atoms with Crippen LogP contribution in [0, 0.1) is 12.7 Å². The van der Waals surface area contributed by atoms with Crippen LogP contribution in [-0.2, 0) is 11.3 Å². The molecule has 0 unspecified atom stereocenters. The summed E-state index contributed by atoms with van der Waals surface area (Å²) in [6.07, 6.45) is 0. The Labute approximate surface area is 128 Å². The molecule has 0 heterocycles. The fourth-order valence-electron chi connectivity index (χ4n) is 1.91. The standard InChI is InChI=1S/C17H18FNO3/c1-12-3-6-15(7-4-12)22-11-17(20)19-10-13-9-14(18)5-8-16(13)21-2/h3-9H,10-11H2,1-2H3,(H,19,20). The van der Waals surface area contributed by atoms with Crippen LogP contribution in [-0.4, -0.2) is 19.6 Å². The van der Waals surface area contributed by atoms with Gasteiger partial charge in [-0.15, -0.1) is 0 Å². The number of nitrogens with one attached hydrogen (secondary N) is 1. The molecule has 0 saturated heterocycles. The Bertz CT molecular complexity index is 641. The molecule has 22 heavy (non-hydrogen) atoms. The van der Waals surface area contributed by atoms with E-state index >= 15 is 0 Å². The first-order chi connectivity index (χ1) is 10.6. The molecule has 0 spiro atoms. The summed E-state index contributed by atoms with van der Waals surface area (Å²) in [7, 11) is 1.50. The number of carbonyl (C=O) groups is 1. The highest BCUT2D eigenvalue weighted by Gasteiger charge is 2.07. The van der Waals surface area contributed by atoms with Crippen LogP contribution in [0.4, 0.5) is 4.39 Å². The van der Waals surface area contributed by atoms with Crippen LogP contribution in [0.2, 0.25) is 0 Å². The van der Waals surface area contributed by atoms with Crippen molar-refractivity contribution in [3.63, 3.8) is 0 Å². The highest BCUT2D eigenvalue weighted by atomic mass is 19.1. The molecule has 0 aliphatic carbocycles. The number of methoxy groups -OCH3 is 1. The molecule has 0 atom stereocenters. The van der Waals surface area contributed by atoms with E-state index in [0.29, 0.717) is 17.1 Å². The highest BCUT2D eigenvalue weighted by Crippen LogP contribution is 2.19. The minimum Gasteiger partial charge on any atom is -0.496 e. The van der Waals surface area contributed by atoms with Gasteiger partial charge in [0.2, 0.25) is 0 Å². The van der Waals surface area contributed by atoms with Crippen molar-refractivity contribution in [1.29, 1.82) is 0 Å². The van der Waals surface area contributed by atoms with Gasteiger partial charge in [0.25, 0.3) is 5.91 Å². The van der Waals surface area contributed by atoms with Crippen molar-refractivity contribution in [1.82, 2.24) is 5.32 Å². The zero-order valence-electron chi connectivity index (χ0n) is 12.6. The third-order valence-corrected chi connectivity index (χ3v) is 3.11. The highest BCUT2D eigenvalue weighted by molar-refractivity contribution is 5.77. The number of amides is 1. The maximum absolute atomic E-state index is 13.2. The lowest BCUT2D eigenvalue weighted by molar-refractivity contribution is -0.123. The number of carbonyl (C=O) groups excluding carboxylic acids is 1. The zero-order chi connectivity index (χ0) is 15.9. The number of hydrogen-bond donors (Lipinski definition) is 1. The molecule has 0 radical (unpaired) electrons. The number of hydrogen-bond acceptors (Lipinski definition) is 3. The Hall–Kier alpha value is -2.56. The van der Waals surface area contributed by atoms with Gasteiger partial charge in [-0.05, 0) is 37.3 Å². The topological polar surface area (TPSA) is 47.6 Å². The molecule has 4 nitrogen and oxygen atoms in total. The van der Waals surface area contributed by atoms with Crippen molar-refractivity contribution in [2.24, 2.45) is 0 Å². The average molecular weight is 303 g/mol. The van der Waals surface area contributed by atoms with Gasteiger partial charge in [-0.2, -0.15) is 0 Å². The van der Waals surface area contributed by atoms with Crippen LogP contribution in [0.15, 0.2) is 42.5 Å². The Balaban J connectivity index is 1.85. The number of aryl methyl sites for hydroxylation is 1. The van der Waals surface area contributed by atoms with Crippen LogP contribution in [0.1, 0.15) is 11.1 Å². The zero-order valence-corrected chi connectivity index (χ0v) is 12.6. The molecular weight excluding hydrogens is 285 g/mol. The minimum atomic E-state index is -0.374. The summed E-state index contributed by atoms with van der Waals surface area (Å²) >= 11 is 0. The van der Waals surface area contributed by atoms with Crippen LogP contribution in [0.3, 0.4) is 0 Å². The molecule has 1 N–H and O–H groups in total. The van der Waals surface area contributed by atoms with Crippen LogP contribution in [0.5, 0.6) is 11.5 Å². The maximum Gasteiger partial charge on any atom is 0.258 e. The normalized spacial score (nSPS) is 10.1. The van der Waals surface area contributed by atoms with E-state index in [1.807, 2.05) is 19.1 Å². The molecule has 0 fully saturated rings. The van der Waals surface area contributed by atoms with Crippen LogP contribution in [0.25, 0.3) is 0 Å². The molecule has 0 aromatic heterocycles. The van der Waals surface area contributed by atoms with Gasteiger partial charge in [-0.25, -0.2) is 4.39 Å². The summed E-state index contributed by atoms with van der Waals surface area (Å²) in [5, 5.41) is 2.67. The Kier molecular flexibility index (Phi) is 5.36. The van der Waals surface area contributed by atoms with Crippen molar-refractivity contribution < 1.29 is 18.7 Å². The van der Waals surface area contributed by atoms with Crippen molar-refractivity contribution in [3.05, 3.63) is 59.4 Å². The number of rotatable bonds is 6. The van der Waals surface area contributed by atoms with Gasteiger partial charge < -0.3 is 14.8 Å². The van der Waals surface area contributed by atoms with E-state index in [4.69, 9.17) is 9.47 Å². The molecule has 5 heteroatoms. The fraction of sp³-hybridized carbons (Fsp3) is 0.235. The second-order valence-corrected chi connectivity index (χ2v) is 4.83. The number of ether oxygens (including phenoxy) is 2. The van der Waals surface area contributed by atoms with E-state index in [9.17, 15) is 9.18 Å². The second kappa shape index (κ2) is 7.45. The van der Waals surface area contributed by atoms with Crippen LogP contribution >= 0.6 is 0 Å². The number of halogens is 1. The second-order valence-electron chi connectivity index (χ2n) is 4.83. The summed E-state index contributed by atoms with van der Waals surface area (Å²) < 4.78 is 23.7. The molecule has 116 valence electrons. The quantitative estimate of drug-likeness (QED) is 0.892. The summed E-state index contributed by atoms with van der Waals surface area (Å²) in [4.78, 5) is 11.8. The van der Waals surface area contributed by atoms with Crippen molar-refractivity contribution in [2.45, 2.75) is 13.5 Å². The molecule has 0 bridgehead atoms. The van der Waals surface area contributed by atoms with E-state index in [1.165, 1.54) is 25.3 Å². The monoisotopic (exact) mass is 303 g/mol. The van der Waals surface area contributed by atoms with Gasteiger partial charge in [0.1, 0.15) is 17.3 Å². The van der Waals surface area contributed by atoms with Crippen molar-refractivity contribution in [2.75, 3.05) is 13.7 Å². The lowest BCUT2D eigenvalue weighted by atomic mass is 10.2. The third kappa shape index (κ3) is 4.48. The SMILES string of the molecule is COc1ccc(F)cc1CNC(=O)COc1ccc(C)cc1. The van der Waals surface area contributed by atoms with Gasteiger partial charge in [-0.3, -0.25) is 4.79 Å². The summed E-state index contributed by atoms with van der Waals surface area (Å²) in [6, 6.07) is 11.6. The van der Waals surface area contributed by atoms with Gasteiger partial charge >= 0.3 is 0 Å². The van der Waals surface area contributed by atoms with Gasteiger partial charge in [0.15, 0.2) is 6.61 Å². The average Bonchev–Trinajstić information content (AvgIpc) is 2.52. The summed E-state index contributed by atoms with van der Waals surface area (Å²) in [5.41, 5.74) is 1.70. The van der Waals surface area contributed by atoms with Gasteiger partial charge in [-0.1, -0.05) is 17.7 Å². The molecule has 2 aromatic rings. The van der Waals surface area contributed by atoms with E-state index in [1.54, 1.807) is 12.1 Å². The van der Waals surface area contributed by atoms with Crippen molar-refractivity contribution in [3.8, 4) is 11.5 Å². The van der Waals surface area contributed by atoms with Crippen molar-refractivity contribution >= 4 is 5.91 Å². The molecule has 2 aromatic carbocycles. The number of benzene rings is 2. The third-order valence-electron chi connectivity index (χ3n) is 3.11. The molecule has 0 aliphatic rings. The van der Waals surface area contributed by atoms with E-state index in [0.717, 1.165) is 5.56 Å². The minimum absolute atomic E-state index is 0.0965. The molecule has 2 rings (SSSR count). The van der Waals surface area contributed by atoms with E-state index in [2.05, 4.69) is 5.32 Å². The largest absolute Gasteiger partial charge is 0.496 e. The van der Waals surface area contributed by atoms with Crippen LogP contribution < -0.4 is 14.8 Å². The predicted molar refractivity (Wildman–Crippen MR) is 81.5 cm³/mol. The Morgan fingerprint density at radius 1 is 1.18 bits per heavy atom. The van der Waals surface area contributed by atoms with Gasteiger partial charge in [0.05, 0.1) is 7.11 Å². The Morgan fingerprint density at radius 3 is 2.59 bits per heavy atom. The fourth-order valence-corrected chi connectivity index (χ4v) is 1.91. The maximum atomic E-state index is 13.2. The van der Waals surface area contributed by atoms with Gasteiger partial charge in [0, 0.05) is 12.1 Å². The summed E-state index contributed by atoms with van der Waals surface area (Å²) in [6.45, 7) is 2.06. The molecular formula is C17H18FNO3. The summed E-state index contributed by atoms with van der Waals surface area (Å²) in [5.74, 6) is 0.498. The molecule has 0 aliphatic heterocycles. The predicted octanol–water partition coefficient (Wildman–Crippen LogP) is 2.84. The first-order valence-electron chi connectivity index (χ1n) is 6.87. The smallest absolute Gasteiger partial charge is 0.258 e. The molecule has 0 saturated carbocycles. The Morgan fingerprint density at radius 2 is 1.91 bits per heavy atom. The van der Waals surface area contributed by atoms with E-state index < -0.39 is 0 Å². The molecule has 1 amide bonds. The van der Waals surface area contributed by atoms with E-state index in [-0.39, 0.29) is 24.9 Å². The first-order valence-corrected chi connectivity index (χ1v) is 6.87. The lowest BCUT2D eigenvalue weighted by Crippen LogP contribution is -2.28.